The van der Waals surface area contributed by atoms with Crippen LogP contribution in [-0.2, 0) is 5.41 Å². The van der Waals surface area contributed by atoms with Gasteiger partial charge in [-0.1, -0.05) is 99.6 Å². The van der Waals surface area contributed by atoms with Crippen molar-refractivity contribution in [2.45, 2.75) is 26.2 Å². The first-order chi connectivity index (χ1) is 21.0. The molecule has 0 fully saturated rings. The number of aromatic nitrogens is 2. The number of benzene rings is 5. The second-order valence-corrected chi connectivity index (χ2v) is 15.4. The molecule has 9 aromatic rings. The fourth-order valence-corrected chi connectivity index (χ4v) is 10.7. The van der Waals surface area contributed by atoms with Crippen LogP contribution in [0, 0.1) is 0 Å². The number of para-hydroxylation sites is 2. The van der Waals surface area contributed by atoms with Crippen LogP contribution in [0.2, 0.25) is 0 Å². The fraction of sp³-hybridized carbons (Fsp3) is 0.105. The molecule has 0 aliphatic carbocycles. The van der Waals surface area contributed by atoms with Crippen LogP contribution in [-0.4, -0.2) is 15.9 Å². The smallest absolute Gasteiger partial charge is 0.333 e. The molecule has 5 aromatic carbocycles. The Hall–Kier alpha value is -4.32. The van der Waals surface area contributed by atoms with Crippen molar-refractivity contribution >= 4 is 103 Å². The Kier molecular flexibility index (Phi) is 4.00. The van der Waals surface area contributed by atoms with E-state index in [1.165, 1.54) is 95.7 Å². The summed E-state index contributed by atoms with van der Waals surface area (Å²) in [6.07, 6.45) is 0. The van der Waals surface area contributed by atoms with Gasteiger partial charge in [0.1, 0.15) is 4.83 Å². The zero-order chi connectivity index (χ0) is 28.4. The average Bonchev–Trinajstić information content (AvgIpc) is 3.74. The van der Waals surface area contributed by atoms with E-state index >= 15 is 0 Å². The minimum absolute atomic E-state index is 0.0213. The summed E-state index contributed by atoms with van der Waals surface area (Å²) in [5.41, 5.74) is 11.1. The van der Waals surface area contributed by atoms with Gasteiger partial charge in [-0.2, -0.15) is 0 Å². The summed E-state index contributed by atoms with van der Waals surface area (Å²) in [7, 11) is 0. The van der Waals surface area contributed by atoms with Crippen LogP contribution in [0.4, 0.5) is 0 Å². The minimum Gasteiger partial charge on any atom is -0.367 e. The predicted octanol–water partition coefficient (Wildman–Crippen LogP) is 9.57. The van der Waals surface area contributed by atoms with Gasteiger partial charge in [0.25, 0.3) is 0 Å². The average molecular weight is 585 g/mol. The van der Waals surface area contributed by atoms with Gasteiger partial charge in [-0.05, 0) is 45.7 Å². The van der Waals surface area contributed by atoms with Crippen molar-refractivity contribution in [3.05, 3.63) is 103 Å². The van der Waals surface area contributed by atoms with Crippen LogP contribution in [0.5, 0.6) is 0 Å². The molecule has 0 saturated heterocycles. The minimum atomic E-state index is 0.0213. The highest BCUT2D eigenvalue weighted by molar-refractivity contribution is 7.26. The van der Waals surface area contributed by atoms with E-state index in [1.54, 1.807) is 0 Å². The molecule has 2 aliphatic rings. The molecule has 0 radical (unpaired) electrons. The molecule has 5 heteroatoms. The van der Waals surface area contributed by atoms with E-state index in [2.05, 4.69) is 127 Å². The van der Waals surface area contributed by atoms with Crippen molar-refractivity contribution in [3.63, 3.8) is 0 Å². The van der Waals surface area contributed by atoms with Crippen LogP contribution >= 0.6 is 22.7 Å². The van der Waals surface area contributed by atoms with Crippen molar-refractivity contribution in [3.8, 4) is 16.8 Å². The normalized spacial score (nSPS) is 13.9. The number of thiophene rings is 2. The van der Waals surface area contributed by atoms with Gasteiger partial charge >= 0.3 is 6.85 Å². The van der Waals surface area contributed by atoms with Gasteiger partial charge in [-0.3, -0.25) is 0 Å². The first-order valence-electron chi connectivity index (χ1n) is 15.1. The Morgan fingerprint density at radius 1 is 0.605 bits per heavy atom. The van der Waals surface area contributed by atoms with E-state index in [4.69, 9.17) is 0 Å². The second-order valence-electron chi connectivity index (χ2n) is 13.3. The third kappa shape index (κ3) is 2.61. The van der Waals surface area contributed by atoms with Crippen LogP contribution in [0.1, 0.15) is 26.3 Å². The van der Waals surface area contributed by atoms with Crippen molar-refractivity contribution in [1.29, 1.82) is 0 Å². The first-order valence-corrected chi connectivity index (χ1v) is 16.7. The van der Waals surface area contributed by atoms with E-state index in [-0.39, 0.29) is 12.3 Å². The van der Waals surface area contributed by atoms with Gasteiger partial charge in [0.15, 0.2) is 0 Å². The molecule has 2 nitrogen and oxygen atoms in total. The summed E-state index contributed by atoms with van der Waals surface area (Å²) in [5, 5.41) is 8.28. The molecule has 202 valence electrons. The Morgan fingerprint density at radius 2 is 1.23 bits per heavy atom. The SMILES string of the molecule is CC(C)(C)c1cc2c3c(c1)-n1c4sc5ccccc5c4c4cccc(c41)B3n1c3sc4ccccc4c3c3cccc-2c31. The summed E-state index contributed by atoms with van der Waals surface area (Å²) in [5.74, 6) is 0. The standard InChI is InChI=1S/C38H25BN2S2/c1-38(2,3)20-18-26-21-12-8-13-24-32-23-11-5-7-17-30(23)43-37(32)41(34(21)24)39-27-15-9-14-25-31-22-10-4-6-16-29(22)42-36(31)40(35(25)27)28(19-20)33(26)39/h4-19H,1-3H3. The van der Waals surface area contributed by atoms with E-state index in [9.17, 15) is 0 Å². The van der Waals surface area contributed by atoms with E-state index in [1.807, 2.05) is 22.7 Å². The third-order valence-corrected chi connectivity index (χ3v) is 12.4. The lowest BCUT2D eigenvalue weighted by Crippen LogP contribution is -2.55. The molecule has 0 amide bonds. The maximum absolute atomic E-state index is 2.71. The zero-order valence-corrected chi connectivity index (χ0v) is 25.7. The first kappa shape index (κ1) is 23.2. The molecule has 6 heterocycles. The molecule has 11 rings (SSSR count). The van der Waals surface area contributed by atoms with Crippen molar-refractivity contribution in [1.82, 2.24) is 9.05 Å². The van der Waals surface area contributed by atoms with Crippen molar-refractivity contribution in [2.24, 2.45) is 0 Å². The summed E-state index contributed by atoms with van der Waals surface area (Å²) in [6.45, 7) is 7.17. The highest BCUT2D eigenvalue weighted by atomic mass is 32.1. The zero-order valence-electron chi connectivity index (χ0n) is 24.0. The Bertz CT molecular complexity index is 2730. The van der Waals surface area contributed by atoms with Crippen LogP contribution < -0.4 is 10.9 Å². The van der Waals surface area contributed by atoms with E-state index in [0.717, 1.165) is 0 Å². The van der Waals surface area contributed by atoms with Crippen molar-refractivity contribution in [2.75, 3.05) is 0 Å². The summed E-state index contributed by atoms with van der Waals surface area (Å²) in [4.78, 5) is 2.74. The quantitative estimate of drug-likeness (QED) is 0.157. The molecular formula is C38H25BN2S2. The Labute approximate surface area is 256 Å². The van der Waals surface area contributed by atoms with Crippen LogP contribution in [0.25, 0.3) is 79.2 Å². The summed E-state index contributed by atoms with van der Waals surface area (Å²) >= 11 is 3.89. The maximum atomic E-state index is 2.71. The van der Waals surface area contributed by atoms with Crippen molar-refractivity contribution < 1.29 is 0 Å². The topological polar surface area (TPSA) is 9.86 Å². The van der Waals surface area contributed by atoms with Gasteiger partial charge < -0.3 is 9.05 Å². The summed E-state index contributed by atoms with van der Waals surface area (Å²) < 4.78 is 8.06. The fourth-order valence-electron chi connectivity index (χ4n) is 8.24. The number of rotatable bonds is 0. The lowest BCUT2D eigenvalue weighted by molar-refractivity contribution is 0.590. The van der Waals surface area contributed by atoms with Crippen LogP contribution in [0.15, 0.2) is 97.1 Å². The van der Waals surface area contributed by atoms with Gasteiger partial charge in [0.05, 0.1) is 10.3 Å². The lowest BCUT2D eigenvalue weighted by atomic mass is 9.45. The molecule has 0 N–H and O–H groups in total. The Morgan fingerprint density at radius 3 is 1.98 bits per heavy atom. The monoisotopic (exact) mass is 584 g/mol. The number of hydrogen-bond donors (Lipinski definition) is 0. The molecule has 0 unspecified atom stereocenters. The Balaban J connectivity index is 1.42. The van der Waals surface area contributed by atoms with Gasteiger partial charge in [-0.15, -0.1) is 22.7 Å². The highest BCUT2D eigenvalue weighted by Crippen LogP contribution is 2.49. The second kappa shape index (κ2) is 7.42. The summed E-state index contributed by atoms with van der Waals surface area (Å²) in [6, 6.07) is 37.0. The maximum Gasteiger partial charge on any atom is 0.333 e. The van der Waals surface area contributed by atoms with Gasteiger partial charge in [-0.25, -0.2) is 0 Å². The predicted molar refractivity (Wildman–Crippen MR) is 189 cm³/mol. The van der Waals surface area contributed by atoms with E-state index in [0.29, 0.717) is 0 Å². The van der Waals surface area contributed by atoms with Gasteiger partial charge in [0.2, 0.25) is 0 Å². The number of hydrogen-bond acceptors (Lipinski definition) is 2. The molecule has 0 spiro atoms. The highest BCUT2D eigenvalue weighted by Gasteiger charge is 2.42. The van der Waals surface area contributed by atoms with E-state index < -0.39 is 0 Å². The molecular weight excluding hydrogens is 559 g/mol. The number of fused-ring (bicyclic) bond motifs is 14. The largest absolute Gasteiger partial charge is 0.367 e. The molecule has 0 saturated carbocycles. The molecule has 4 aromatic heterocycles. The number of nitrogens with zero attached hydrogens (tertiary/aromatic N) is 2. The lowest BCUT2D eigenvalue weighted by Gasteiger charge is -2.35. The van der Waals surface area contributed by atoms with Gasteiger partial charge in [0, 0.05) is 58.5 Å². The molecule has 2 aliphatic heterocycles. The molecule has 43 heavy (non-hydrogen) atoms. The van der Waals surface area contributed by atoms with Crippen LogP contribution in [0.3, 0.4) is 0 Å². The molecule has 0 atom stereocenters. The third-order valence-electron chi connectivity index (χ3n) is 10.1. The molecule has 0 bridgehead atoms.